The summed E-state index contributed by atoms with van der Waals surface area (Å²) in [6, 6.07) is 2.97. The van der Waals surface area contributed by atoms with Crippen LogP contribution in [0.4, 0.5) is 10.1 Å². The van der Waals surface area contributed by atoms with E-state index in [1.807, 2.05) is 11.8 Å². The summed E-state index contributed by atoms with van der Waals surface area (Å²) >= 11 is 0. The Balaban J connectivity index is 1.40. The zero-order valence-corrected chi connectivity index (χ0v) is 18.5. The van der Waals surface area contributed by atoms with Crippen LogP contribution in [0.15, 0.2) is 53.5 Å². The van der Waals surface area contributed by atoms with Crippen LogP contribution in [0.1, 0.15) is 30.3 Å². The zero-order valence-electron chi connectivity index (χ0n) is 18.5. The second kappa shape index (κ2) is 8.51. The van der Waals surface area contributed by atoms with Crippen molar-refractivity contribution in [1.82, 2.24) is 20.5 Å². The number of carbonyl (C=O) groups is 2. The summed E-state index contributed by atoms with van der Waals surface area (Å²) in [7, 11) is 1.30. The van der Waals surface area contributed by atoms with Crippen LogP contribution in [0.3, 0.4) is 0 Å². The van der Waals surface area contributed by atoms with Gasteiger partial charge in [-0.2, -0.15) is 0 Å². The maximum atomic E-state index is 15.5. The molecule has 2 unspecified atom stereocenters. The van der Waals surface area contributed by atoms with Gasteiger partial charge in [-0.1, -0.05) is 0 Å². The number of piperazine rings is 1. The number of ether oxygens (including phenoxy) is 2. The maximum absolute atomic E-state index is 15.5. The molecule has 1 saturated heterocycles. The van der Waals surface area contributed by atoms with Crippen LogP contribution in [0, 0.1) is 0 Å². The lowest BCUT2D eigenvalue weighted by molar-refractivity contribution is -0.131. The molecule has 1 amide bonds. The number of amides is 1. The fourth-order valence-electron chi connectivity index (χ4n) is 4.76. The monoisotopic (exact) mass is 455 g/mol. The number of carbonyl (C=O) groups excluding carboxylic acids is 2. The molecule has 1 fully saturated rings. The number of anilines is 1. The molecule has 4 aliphatic rings. The summed E-state index contributed by atoms with van der Waals surface area (Å²) in [5, 5.41) is 6.34. The summed E-state index contributed by atoms with van der Waals surface area (Å²) < 4.78 is 26.2. The SMILES string of the molecule is COC(=O)c1ccc(N2CC(=O)N3C=C4C(F)=C5NC=C(C)NC5CC4OCC[C@@H]3C2)cn1. The van der Waals surface area contributed by atoms with E-state index in [2.05, 4.69) is 20.4 Å². The Morgan fingerprint density at radius 1 is 1.36 bits per heavy atom. The molecule has 4 heterocycles. The van der Waals surface area contributed by atoms with Gasteiger partial charge in [-0.25, -0.2) is 14.2 Å². The van der Waals surface area contributed by atoms with Crippen molar-refractivity contribution in [3.63, 3.8) is 0 Å². The number of methoxy groups -OCH3 is 1. The van der Waals surface area contributed by atoms with Crippen molar-refractivity contribution in [2.24, 2.45) is 0 Å². The van der Waals surface area contributed by atoms with Crippen LogP contribution >= 0.6 is 0 Å². The maximum Gasteiger partial charge on any atom is 0.356 e. The van der Waals surface area contributed by atoms with E-state index in [4.69, 9.17) is 4.74 Å². The van der Waals surface area contributed by atoms with Crippen molar-refractivity contribution < 1.29 is 23.5 Å². The van der Waals surface area contributed by atoms with E-state index in [9.17, 15) is 9.59 Å². The molecule has 0 radical (unpaired) electrons. The van der Waals surface area contributed by atoms with E-state index >= 15 is 4.39 Å². The molecule has 3 aliphatic heterocycles. The van der Waals surface area contributed by atoms with Crippen LogP contribution in [0.25, 0.3) is 0 Å². The van der Waals surface area contributed by atoms with Crippen LogP contribution in [-0.2, 0) is 14.3 Å². The third-order valence-electron chi connectivity index (χ3n) is 6.48. The fourth-order valence-corrected chi connectivity index (χ4v) is 4.76. The lowest BCUT2D eigenvalue weighted by Crippen LogP contribution is -2.56. The molecule has 1 aliphatic carbocycles. The number of aromatic nitrogens is 1. The van der Waals surface area contributed by atoms with Crippen LogP contribution in [0.5, 0.6) is 0 Å². The van der Waals surface area contributed by atoms with E-state index in [0.717, 1.165) is 11.4 Å². The fraction of sp³-hybridized carbons (Fsp3) is 0.435. The van der Waals surface area contributed by atoms with Crippen molar-refractivity contribution >= 4 is 17.6 Å². The van der Waals surface area contributed by atoms with E-state index in [-0.39, 0.29) is 36.1 Å². The molecule has 0 aromatic carbocycles. The number of esters is 1. The van der Waals surface area contributed by atoms with Gasteiger partial charge in [0.2, 0.25) is 5.91 Å². The predicted molar refractivity (Wildman–Crippen MR) is 117 cm³/mol. The Kier molecular flexibility index (Phi) is 5.53. The van der Waals surface area contributed by atoms with Crippen LogP contribution < -0.4 is 15.5 Å². The second-order valence-electron chi connectivity index (χ2n) is 8.59. The van der Waals surface area contributed by atoms with Gasteiger partial charge in [0.15, 0.2) is 5.83 Å². The standard InChI is InChI=1S/C23H26FN5O4/c1-13-8-26-22-18(27-13)7-19-16(21(22)24)11-29-15(5-6-33-19)10-28(12-20(29)30)14-3-4-17(25-9-14)23(31)32-2/h3-4,8-9,11,15,18-19,26-27H,5-7,10,12H2,1-2H3/t15-,18?,19?/m1/s1. The molecule has 174 valence electrons. The van der Waals surface area contributed by atoms with Crippen molar-refractivity contribution in [2.45, 2.75) is 38.0 Å². The van der Waals surface area contributed by atoms with Crippen molar-refractivity contribution in [1.29, 1.82) is 0 Å². The summed E-state index contributed by atoms with van der Waals surface area (Å²) in [5.41, 5.74) is 2.76. The number of nitrogens with one attached hydrogen (secondary N) is 2. The minimum atomic E-state index is -0.514. The first kappa shape index (κ1) is 21.4. The average Bonchev–Trinajstić information content (AvgIpc) is 2.80. The van der Waals surface area contributed by atoms with Crippen molar-refractivity contribution in [3.05, 3.63) is 59.2 Å². The van der Waals surface area contributed by atoms with Gasteiger partial charge < -0.3 is 29.9 Å². The number of nitrogens with zero attached hydrogens (tertiary/aromatic N) is 3. The first-order valence-electron chi connectivity index (χ1n) is 11.0. The molecule has 9 nitrogen and oxygen atoms in total. The van der Waals surface area contributed by atoms with E-state index in [1.165, 1.54) is 7.11 Å². The van der Waals surface area contributed by atoms with Crippen molar-refractivity contribution in [2.75, 3.05) is 31.7 Å². The minimum absolute atomic E-state index is 0.123. The molecule has 10 heteroatoms. The van der Waals surface area contributed by atoms with E-state index < -0.39 is 12.1 Å². The summed E-state index contributed by atoms with van der Waals surface area (Å²) in [6.07, 6.45) is 5.74. The van der Waals surface area contributed by atoms with Gasteiger partial charge in [0, 0.05) is 43.2 Å². The number of fused-ring (bicyclic) bond motifs is 3. The quantitative estimate of drug-likeness (QED) is 0.649. The highest BCUT2D eigenvalue weighted by atomic mass is 19.1. The largest absolute Gasteiger partial charge is 0.464 e. The second-order valence-corrected chi connectivity index (χ2v) is 8.59. The summed E-state index contributed by atoms with van der Waals surface area (Å²) in [4.78, 5) is 32.5. The molecule has 0 saturated carbocycles. The number of rotatable bonds is 2. The molecule has 2 N–H and O–H groups in total. The molecule has 3 atom stereocenters. The Morgan fingerprint density at radius 2 is 2.21 bits per heavy atom. The lowest BCUT2D eigenvalue weighted by Gasteiger charge is -2.43. The van der Waals surface area contributed by atoms with E-state index in [1.54, 1.807) is 35.6 Å². The summed E-state index contributed by atoms with van der Waals surface area (Å²) in [6.45, 7) is 3.02. The number of hydrogen-bond acceptors (Lipinski definition) is 8. The number of halogens is 1. The van der Waals surface area contributed by atoms with Gasteiger partial charge in [-0.3, -0.25) is 4.79 Å². The Morgan fingerprint density at radius 3 is 2.97 bits per heavy atom. The average molecular weight is 455 g/mol. The molecule has 0 bridgehead atoms. The van der Waals surface area contributed by atoms with Gasteiger partial charge in [0.25, 0.3) is 0 Å². The first-order chi connectivity index (χ1) is 15.9. The predicted octanol–water partition coefficient (Wildman–Crippen LogP) is 1.57. The smallest absolute Gasteiger partial charge is 0.356 e. The number of allylic oxidation sites excluding steroid dienone is 1. The molecular weight excluding hydrogens is 429 g/mol. The highest BCUT2D eigenvalue weighted by molar-refractivity contribution is 5.88. The topological polar surface area (TPSA) is 96.0 Å². The third-order valence-corrected chi connectivity index (χ3v) is 6.48. The zero-order chi connectivity index (χ0) is 23.1. The van der Waals surface area contributed by atoms with Crippen LogP contribution in [0.2, 0.25) is 0 Å². The molecular formula is C23H26FN5O4. The molecule has 5 rings (SSSR count). The lowest BCUT2D eigenvalue weighted by atomic mass is 9.89. The molecule has 1 aromatic heterocycles. The van der Waals surface area contributed by atoms with Gasteiger partial charge in [0.1, 0.15) is 5.69 Å². The normalized spacial score (nSPS) is 27.0. The van der Waals surface area contributed by atoms with Crippen LogP contribution in [-0.4, -0.2) is 66.8 Å². The molecule has 1 aromatic rings. The number of pyridine rings is 1. The summed E-state index contributed by atoms with van der Waals surface area (Å²) in [5.74, 6) is -1.01. The Labute approximate surface area is 190 Å². The van der Waals surface area contributed by atoms with E-state index in [0.29, 0.717) is 37.3 Å². The van der Waals surface area contributed by atoms with Gasteiger partial charge >= 0.3 is 5.97 Å². The molecule has 0 spiro atoms. The minimum Gasteiger partial charge on any atom is -0.464 e. The Hall–Kier alpha value is -3.40. The van der Waals surface area contributed by atoms with Crippen molar-refractivity contribution in [3.8, 4) is 0 Å². The Bertz CT molecular complexity index is 1070. The van der Waals surface area contributed by atoms with Gasteiger partial charge in [-0.05, 0) is 25.5 Å². The third kappa shape index (κ3) is 3.95. The highest BCUT2D eigenvalue weighted by Crippen LogP contribution is 2.36. The number of hydrogen-bond donors (Lipinski definition) is 2. The van der Waals surface area contributed by atoms with Gasteiger partial charge in [0.05, 0.1) is 49.4 Å². The molecule has 33 heavy (non-hydrogen) atoms. The van der Waals surface area contributed by atoms with Gasteiger partial charge in [-0.15, -0.1) is 0 Å². The first-order valence-corrected chi connectivity index (χ1v) is 11.0. The highest BCUT2D eigenvalue weighted by Gasteiger charge is 2.40.